The maximum atomic E-state index is 12.0. The summed E-state index contributed by atoms with van der Waals surface area (Å²) in [5.74, 6) is 1.60. The van der Waals surface area contributed by atoms with E-state index in [-0.39, 0.29) is 12.3 Å². The second-order valence-electron chi connectivity index (χ2n) is 5.84. The molecule has 3 aromatic rings. The molecule has 0 aliphatic heterocycles. The first-order valence-electron chi connectivity index (χ1n) is 8.71. The van der Waals surface area contributed by atoms with Crippen LogP contribution in [0.25, 0.3) is 11.4 Å². The lowest BCUT2D eigenvalue weighted by Crippen LogP contribution is -2.23. The number of nitrogens with zero attached hydrogens (tertiary/aromatic N) is 2. The number of hydrogen-bond donors (Lipinski definition) is 1. The summed E-state index contributed by atoms with van der Waals surface area (Å²) in [6.07, 6.45) is 0.633. The maximum absolute atomic E-state index is 12.0. The van der Waals surface area contributed by atoms with E-state index in [2.05, 4.69) is 15.5 Å². The van der Waals surface area contributed by atoms with Crippen LogP contribution in [0.3, 0.4) is 0 Å². The molecular formula is C20H20ClN3O3. The molecule has 0 saturated heterocycles. The molecule has 2 aromatic carbocycles. The first-order valence-corrected chi connectivity index (χ1v) is 9.09. The lowest BCUT2D eigenvalue weighted by molar-refractivity contribution is -0.121. The van der Waals surface area contributed by atoms with E-state index in [1.54, 1.807) is 6.07 Å². The van der Waals surface area contributed by atoms with Crippen molar-refractivity contribution in [3.63, 3.8) is 0 Å². The molecule has 0 spiro atoms. The third-order valence-corrected chi connectivity index (χ3v) is 4.26. The van der Waals surface area contributed by atoms with Gasteiger partial charge in [0.25, 0.3) is 0 Å². The molecule has 0 bridgehead atoms. The molecule has 0 aliphatic rings. The number of aromatic nitrogens is 2. The van der Waals surface area contributed by atoms with Crippen LogP contribution < -0.4 is 10.1 Å². The van der Waals surface area contributed by atoms with Crippen molar-refractivity contribution in [2.24, 2.45) is 0 Å². The van der Waals surface area contributed by atoms with Gasteiger partial charge in [-0.3, -0.25) is 4.79 Å². The molecular weight excluding hydrogens is 366 g/mol. The highest BCUT2D eigenvalue weighted by atomic mass is 35.5. The quantitative estimate of drug-likeness (QED) is 0.633. The summed E-state index contributed by atoms with van der Waals surface area (Å²) < 4.78 is 10.6. The van der Waals surface area contributed by atoms with Gasteiger partial charge in [0.1, 0.15) is 5.75 Å². The molecule has 140 valence electrons. The second kappa shape index (κ2) is 9.19. The van der Waals surface area contributed by atoms with Crippen LogP contribution in [0.5, 0.6) is 5.75 Å². The van der Waals surface area contributed by atoms with Gasteiger partial charge in [0.05, 0.1) is 6.61 Å². The van der Waals surface area contributed by atoms with E-state index in [9.17, 15) is 4.79 Å². The molecule has 7 heteroatoms. The van der Waals surface area contributed by atoms with Crippen molar-refractivity contribution in [3.8, 4) is 17.1 Å². The Morgan fingerprint density at radius 3 is 2.70 bits per heavy atom. The SMILES string of the molecule is CCOc1ccc(-c2noc(CCC(=O)NCc3ccccc3Cl)n2)cc1. The fourth-order valence-corrected chi connectivity index (χ4v) is 2.69. The van der Waals surface area contributed by atoms with Gasteiger partial charge >= 0.3 is 0 Å². The minimum Gasteiger partial charge on any atom is -0.494 e. The smallest absolute Gasteiger partial charge is 0.227 e. The summed E-state index contributed by atoms with van der Waals surface area (Å²) in [6, 6.07) is 14.9. The molecule has 0 aliphatic carbocycles. The van der Waals surface area contributed by atoms with Gasteiger partial charge in [-0.25, -0.2) is 0 Å². The normalized spacial score (nSPS) is 10.6. The van der Waals surface area contributed by atoms with Crippen molar-refractivity contribution in [2.45, 2.75) is 26.3 Å². The predicted octanol–water partition coefficient (Wildman–Crippen LogP) is 4.04. The van der Waals surface area contributed by atoms with Gasteiger partial charge in [-0.05, 0) is 42.8 Å². The number of ether oxygens (including phenoxy) is 1. The fourth-order valence-electron chi connectivity index (χ4n) is 2.48. The number of benzene rings is 2. The van der Waals surface area contributed by atoms with E-state index in [1.807, 2.05) is 49.4 Å². The van der Waals surface area contributed by atoms with E-state index >= 15 is 0 Å². The van der Waals surface area contributed by atoms with Gasteiger partial charge in [-0.1, -0.05) is 35.0 Å². The topological polar surface area (TPSA) is 77.2 Å². The zero-order valence-electron chi connectivity index (χ0n) is 14.9. The highest BCUT2D eigenvalue weighted by Crippen LogP contribution is 2.20. The lowest BCUT2D eigenvalue weighted by Gasteiger charge is -2.05. The van der Waals surface area contributed by atoms with E-state index in [0.29, 0.717) is 36.3 Å². The Balaban J connectivity index is 1.50. The molecule has 0 saturated carbocycles. The molecule has 0 unspecified atom stereocenters. The lowest BCUT2D eigenvalue weighted by atomic mass is 10.2. The van der Waals surface area contributed by atoms with Gasteiger partial charge in [-0.15, -0.1) is 0 Å². The van der Waals surface area contributed by atoms with Crippen LogP contribution in [0.15, 0.2) is 53.1 Å². The Bertz CT molecular complexity index is 893. The first-order chi connectivity index (χ1) is 13.2. The predicted molar refractivity (Wildman–Crippen MR) is 103 cm³/mol. The number of aryl methyl sites for hydroxylation is 1. The summed E-state index contributed by atoms with van der Waals surface area (Å²) in [7, 11) is 0. The summed E-state index contributed by atoms with van der Waals surface area (Å²) in [4.78, 5) is 16.4. The van der Waals surface area contributed by atoms with Crippen LogP contribution in [0, 0.1) is 0 Å². The van der Waals surface area contributed by atoms with Crippen molar-refractivity contribution < 1.29 is 14.1 Å². The summed E-state index contributed by atoms with van der Waals surface area (Å²) in [6.45, 7) is 2.94. The molecule has 1 amide bonds. The summed E-state index contributed by atoms with van der Waals surface area (Å²) >= 11 is 6.08. The largest absolute Gasteiger partial charge is 0.494 e. The monoisotopic (exact) mass is 385 g/mol. The van der Waals surface area contributed by atoms with Crippen molar-refractivity contribution in [1.29, 1.82) is 0 Å². The van der Waals surface area contributed by atoms with Gasteiger partial charge < -0.3 is 14.6 Å². The van der Waals surface area contributed by atoms with Crippen LogP contribution in [0.2, 0.25) is 5.02 Å². The zero-order valence-corrected chi connectivity index (χ0v) is 15.7. The minimum atomic E-state index is -0.101. The van der Waals surface area contributed by atoms with Crippen molar-refractivity contribution >= 4 is 17.5 Å². The first kappa shape index (κ1) is 18.9. The van der Waals surface area contributed by atoms with Gasteiger partial charge in [0.2, 0.25) is 17.6 Å². The second-order valence-corrected chi connectivity index (χ2v) is 6.24. The molecule has 27 heavy (non-hydrogen) atoms. The summed E-state index contributed by atoms with van der Waals surface area (Å²) in [5, 5.41) is 7.44. The Hall–Kier alpha value is -2.86. The van der Waals surface area contributed by atoms with Crippen LogP contribution >= 0.6 is 11.6 Å². The van der Waals surface area contributed by atoms with Crippen LogP contribution in [0.4, 0.5) is 0 Å². The molecule has 0 atom stereocenters. The number of rotatable bonds is 8. The van der Waals surface area contributed by atoms with E-state index in [0.717, 1.165) is 16.9 Å². The summed E-state index contributed by atoms with van der Waals surface area (Å²) in [5.41, 5.74) is 1.71. The standard InChI is InChI=1S/C20H20ClN3O3/c1-2-26-16-9-7-14(8-10-16)20-23-19(27-24-20)12-11-18(25)22-13-15-5-3-4-6-17(15)21/h3-10H,2,11-13H2,1H3,(H,22,25). The number of carbonyl (C=O) groups is 1. The maximum Gasteiger partial charge on any atom is 0.227 e. The van der Waals surface area contributed by atoms with Gasteiger partial charge in [0.15, 0.2) is 0 Å². The molecule has 6 nitrogen and oxygen atoms in total. The molecule has 1 aromatic heterocycles. The highest BCUT2D eigenvalue weighted by Gasteiger charge is 2.11. The number of nitrogens with one attached hydrogen (secondary N) is 1. The fraction of sp³-hybridized carbons (Fsp3) is 0.250. The zero-order chi connectivity index (χ0) is 19.1. The van der Waals surface area contributed by atoms with Crippen LogP contribution in [0.1, 0.15) is 24.8 Å². The Labute approximate surface area is 162 Å². The minimum absolute atomic E-state index is 0.101. The van der Waals surface area contributed by atoms with E-state index < -0.39 is 0 Å². The molecule has 0 radical (unpaired) electrons. The average molecular weight is 386 g/mol. The number of amides is 1. The third-order valence-electron chi connectivity index (χ3n) is 3.89. The van der Waals surface area contributed by atoms with E-state index in [4.69, 9.17) is 20.9 Å². The van der Waals surface area contributed by atoms with Crippen LogP contribution in [-0.4, -0.2) is 22.7 Å². The average Bonchev–Trinajstić information content (AvgIpc) is 3.16. The number of carbonyl (C=O) groups excluding carboxylic acids is 1. The molecule has 0 fully saturated rings. The number of hydrogen-bond acceptors (Lipinski definition) is 5. The highest BCUT2D eigenvalue weighted by molar-refractivity contribution is 6.31. The Morgan fingerprint density at radius 1 is 1.19 bits per heavy atom. The van der Waals surface area contributed by atoms with Crippen molar-refractivity contribution in [1.82, 2.24) is 15.5 Å². The molecule has 1 heterocycles. The Morgan fingerprint density at radius 2 is 1.96 bits per heavy atom. The number of halogens is 1. The third kappa shape index (κ3) is 5.31. The van der Waals surface area contributed by atoms with E-state index in [1.165, 1.54) is 0 Å². The molecule has 3 rings (SSSR count). The van der Waals surface area contributed by atoms with Crippen molar-refractivity contribution in [3.05, 3.63) is 65.0 Å². The Kier molecular flexibility index (Phi) is 6.44. The van der Waals surface area contributed by atoms with Crippen LogP contribution in [-0.2, 0) is 17.8 Å². The van der Waals surface area contributed by atoms with Gasteiger partial charge in [0, 0.05) is 30.0 Å². The molecule has 1 N–H and O–H groups in total. The van der Waals surface area contributed by atoms with Gasteiger partial charge in [-0.2, -0.15) is 4.98 Å². The van der Waals surface area contributed by atoms with Crippen molar-refractivity contribution in [2.75, 3.05) is 6.61 Å².